The highest BCUT2D eigenvalue weighted by molar-refractivity contribution is 5.64. The normalized spacial score (nSPS) is 10.2. The van der Waals surface area contributed by atoms with Crippen molar-refractivity contribution >= 4 is 0 Å². The van der Waals surface area contributed by atoms with E-state index in [-0.39, 0.29) is 5.56 Å². The largest absolute Gasteiger partial charge is 0.266 e. The summed E-state index contributed by atoms with van der Waals surface area (Å²) in [5, 5.41) is 8.73. The second-order valence-electron chi connectivity index (χ2n) is 5.24. The lowest BCUT2D eigenvalue weighted by molar-refractivity contribution is 0.416. The van der Waals surface area contributed by atoms with Gasteiger partial charge in [-0.05, 0) is 60.6 Å². The first-order chi connectivity index (χ1) is 11.1. The SMILES string of the molecule is N#Cc1ccc(-c2ccc(CCCCC=C(F)F)cc2)cc1F. The van der Waals surface area contributed by atoms with Crippen molar-refractivity contribution in [3.63, 3.8) is 0 Å². The van der Waals surface area contributed by atoms with Crippen LogP contribution in [0.25, 0.3) is 11.1 Å². The van der Waals surface area contributed by atoms with Gasteiger partial charge >= 0.3 is 0 Å². The third-order valence-electron chi connectivity index (χ3n) is 3.60. The first-order valence-corrected chi connectivity index (χ1v) is 7.40. The molecule has 0 aliphatic heterocycles. The van der Waals surface area contributed by atoms with Crippen molar-refractivity contribution in [2.24, 2.45) is 0 Å². The summed E-state index contributed by atoms with van der Waals surface area (Å²) in [5.74, 6) is -0.526. The number of benzene rings is 2. The molecule has 0 N–H and O–H groups in total. The van der Waals surface area contributed by atoms with E-state index in [1.165, 1.54) is 12.1 Å². The Hall–Kier alpha value is -2.54. The van der Waals surface area contributed by atoms with Crippen LogP contribution in [0.2, 0.25) is 0 Å². The lowest BCUT2D eigenvalue weighted by atomic mass is 10.0. The first-order valence-electron chi connectivity index (χ1n) is 7.40. The van der Waals surface area contributed by atoms with E-state index in [0.717, 1.165) is 42.0 Å². The molecule has 0 aliphatic carbocycles. The highest BCUT2D eigenvalue weighted by Gasteiger charge is 2.04. The maximum absolute atomic E-state index is 13.6. The summed E-state index contributed by atoms with van der Waals surface area (Å²) in [7, 11) is 0. The summed E-state index contributed by atoms with van der Waals surface area (Å²) in [5.41, 5.74) is 2.74. The number of hydrogen-bond donors (Lipinski definition) is 0. The van der Waals surface area contributed by atoms with Crippen LogP contribution in [0.4, 0.5) is 13.2 Å². The molecule has 0 radical (unpaired) electrons. The number of allylic oxidation sites excluding steroid dienone is 1. The summed E-state index contributed by atoms with van der Waals surface area (Å²) in [6.07, 6.45) is 2.11. The van der Waals surface area contributed by atoms with E-state index in [2.05, 4.69) is 0 Å². The summed E-state index contributed by atoms with van der Waals surface area (Å²) >= 11 is 0. The molecular weight excluding hydrogens is 299 g/mol. The topological polar surface area (TPSA) is 23.8 Å². The van der Waals surface area contributed by atoms with E-state index < -0.39 is 11.9 Å². The van der Waals surface area contributed by atoms with E-state index in [1.807, 2.05) is 24.3 Å². The monoisotopic (exact) mass is 315 g/mol. The molecule has 0 heterocycles. The molecule has 0 saturated carbocycles. The van der Waals surface area contributed by atoms with Gasteiger partial charge in [0.25, 0.3) is 6.08 Å². The molecule has 0 amide bonds. The van der Waals surface area contributed by atoms with Gasteiger partial charge in [-0.3, -0.25) is 0 Å². The molecule has 0 spiro atoms. The smallest absolute Gasteiger partial charge is 0.206 e. The zero-order chi connectivity index (χ0) is 16.7. The standard InChI is InChI=1S/C19H16F3N/c20-18-12-16(10-11-17(18)13-23)15-8-6-14(7-9-15)4-2-1-3-5-19(21)22/h5-12H,1-4H2. The maximum atomic E-state index is 13.6. The molecule has 0 aliphatic rings. The minimum Gasteiger partial charge on any atom is -0.206 e. The third kappa shape index (κ3) is 5.00. The van der Waals surface area contributed by atoms with Gasteiger partial charge in [-0.15, -0.1) is 0 Å². The van der Waals surface area contributed by atoms with Crippen molar-refractivity contribution in [3.8, 4) is 17.2 Å². The summed E-state index contributed by atoms with van der Waals surface area (Å²) in [4.78, 5) is 0. The molecular formula is C19H16F3N. The van der Waals surface area contributed by atoms with Gasteiger partial charge in [0.05, 0.1) is 5.56 Å². The maximum Gasteiger partial charge on any atom is 0.266 e. The van der Waals surface area contributed by atoms with Gasteiger partial charge in [0, 0.05) is 0 Å². The lowest BCUT2D eigenvalue weighted by Crippen LogP contribution is -1.88. The molecule has 4 heteroatoms. The summed E-state index contributed by atoms with van der Waals surface area (Å²) in [6, 6.07) is 14.0. The fraction of sp³-hybridized carbons (Fsp3) is 0.211. The van der Waals surface area contributed by atoms with Crippen LogP contribution >= 0.6 is 0 Å². The Bertz CT molecular complexity index is 723. The Morgan fingerprint density at radius 2 is 1.70 bits per heavy atom. The van der Waals surface area contributed by atoms with E-state index in [4.69, 9.17) is 5.26 Å². The Labute approximate surface area is 133 Å². The van der Waals surface area contributed by atoms with E-state index >= 15 is 0 Å². The predicted molar refractivity (Wildman–Crippen MR) is 84.4 cm³/mol. The summed E-state index contributed by atoms with van der Waals surface area (Å²) in [6.45, 7) is 0. The average molecular weight is 315 g/mol. The molecule has 0 saturated heterocycles. The third-order valence-corrected chi connectivity index (χ3v) is 3.60. The molecule has 23 heavy (non-hydrogen) atoms. The molecule has 118 valence electrons. The average Bonchev–Trinajstić information content (AvgIpc) is 2.55. The Morgan fingerprint density at radius 3 is 2.30 bits per heavy atom. The highest BCUT2D eigenvalue weighted by atomic mass is 19.3. The Kier molecular flexibility index (Phi) is 5.99. The molecule has 1 nitrogen and oxygen atoms in total. The Morgan fingerprint density at radius 1 is 1.00 bits per heavy atom. The lowest BCUT2D eigenvalue weighted by Gasteiger charge is -2.05. The van der Waals surface area contributed by atoms with Crippen molar-refractivity contribution in [1.82, 2.24) is 0 Å². The van der Waals surface area contributed by atoms with Crippen molar-refractivity contribution in [2.45, 2.75) is 25.7 Å². The van der Waals surface area contributed by atoms with Crippen molar-refractivity contribution in [1.29, 1.82) is 5.26 Å². The zero-order valence-corrected chi connectivity index (χ0v) is 12.5. The molecule has 0 fully saturated rings. The van der Waals surface area contributed by atoms with Gasteiger partial charge in [-0.25, -0.2) is 4.39 Å². The molecule has 2 aromatic rings. The van der Waals surface area contributed by atoms with Gasteiger partial charge in [-0.1, -0.05) is 30.3 Å². The van der Waals surface area contributed by atoms with Crippen molar-refractivity contribution in [2.75, 3.05) is 0 Å². The van der Waals surface area contributed by atoms with Gasteiger partial charge in [0.1, 0.15) is 11.9 Å². The molecule has 0 bridgehead atoms. The van der Waals surface area contributed by atoms with Crippen molar-refractivity contribution < 1.29 is 13.2 Å². The van der Waals surface area contributed by atoms with Crippen LogP contribution in [0.1, 0.15) is 30.4 Å². The quantitative estimate of drug-likeness (QED) is 0.613. The van der Waals surface area contributed by atoms with E-state index in [1.54, 1.807) is 12.1 Å². The molecule has 0 unspecified atom stereocenters. The van der Waals surface area contributed by atoms with Crippen LogP contribution in [0.15, 0.2) is 54.6 Å². The molecule has 2 rings (SSSR count). The molecule has 2 aromatic carbocycles. The predicted octanol–water partition coefficient (Wildman–Crippen LogP) is 5.86. The number of unbranched alkanes of at least 4 members (excludes halogenated alkanes) is 2. The summed E-state index contributed by atoms with van der Waals surface area (Å²) < 4.78 is 37.4. The minimum atomic E-state index is -1.62. The van der Waals surface area contributed by atoms with E-state index in [0.29, 0.717) is 6.42 Å². The number of rotatable bonds is 6. The molecule has 0 aromatic heterocycles. The van der Waals surface area contributed by atoms with Crippen LogP contribution in [-0.2, 0) is 6.42 Å². The van der Waals surface area contributed by atoms with Crippen molar-refractivity contribution in [3.05, 3.63) is 71.6 Å². The Balaban J connectivity index is 1.96. The highest BCUT2D eigenvalue weighted by Crippen LogP contribution is 2.22. The second kappa shape index (κ2) is 8.19. The van der Waals surface area contributed by atoms with Gasteiger partial charge in [0.15, 0.2) is 0 Å². The number of aryl methyl sites for hydroxylation is 1. The number of nitriles is 1. The fourth-order valence-corrected chi connectivity index (χ4v) is 2.33. The van der Waals surface area contributed by atoms with Crippen LogP contribution in [0, 0.1) is 17.1 Å². The number of hydrogen-bond acceptors (Lipinski definition) is 1. The van der Waals surface area contributed by atoms with Crippen LogP contribution in [-0.4, -0.2) is 0 Å². The van der Waals surface area contributed by atoms with Crippen LogP contribution < -0.4 is 0 Å². The van der Waals surface area contributed by atoms with E-state index in [9.17, 15) is 13.2 Å². The zero-order valence-electron chi connectivity index (χ0n) is 12.5. The van der Waals surface area contributed by atoms with Gasteiger partial charge in [0.2, 0.25) is 0 Å². The van der Waals surface area contributed by atoms with Crippen LogP contribution in [0.3, 0.4) is 0 Å². The second-order valence-corrected chi connectivity index (χ2v) is 5.24. The van der Waals surface area contributed by atoms with Gasteiger partial charge < -0.3 is 0 Å². The molecule has 0 atom stereocenters. The fourth-order valence-electron chi connectivity index (χ4n) is 2.33. The van der Waals surface area contributed by atoms with Crippen LogP contribution in [0.5, 0.6) is 0 Å². The number of nitrogens with zero attached hydrogens (tertiary/aromatic N) is 1. The number of halogens is 3. The minimum absolute atomic E-state index is 0.0316. The first kappa shape index (κ1) is 16.8. The van der Waals surface area contributed by atoms with Gasteiger partial charge in [-0.2, -0.15) is 14.0 Å².